The third kappa shape index (κ3) is 3.22. The van der Waals surface area contributed by atoms with Gasteiger partial charge in [-0.15, -0.1) is 0 Å². The summed E-state index contributed by atoms with van der Waals surface area (Å²) in [6.45, 7) is 1.84. The van der Waals surface area contributed by atoms with Crippen molar-refractivity contribution in [1.82, 2.24) is 10.3 Å². The van der Waals surface area contributed by atoms with Crippen LogP contribution in [0.25, 0.3) is 11.5 Å². The Hall–Kier alpha value is -2.82. The summed E-state index contributed by atoms with van der Waals surface area (Å²) >= 11 is 0. The van der Waals surface area contributed by atoms with Crippen LogP contribution in [-0.4, -0.2) is 10.9 Å². The van der Waals surface area contributed by atoms with Gasteiger partial charge in [0.15, 0.2) is 0 Å². The van der Waals surface area contributed by atoms with Crippen molar-refractivity contribution < 1.29 is 13.6 Å². The molecule has 2 heterocycles. The van der Waals surface area contributed by atoms with Crippen molar-refractivity contribution >= 4 is 5.91 Å². The number of nitrogens with zero attached hydrogens (tertiary/aromatic N) is 1. The van der Waals surface area contributed by atoms with Gasteiger partial charge in [0, 0.05) is 17.5 Å². The average molecular weight is 336 g/mol. The van der Waals surface area contributed by atoms with E-state index in [9.17, 15) is 4.79 Å². The summed E-state index contributed by atoms with van der Waals surface area (Å²) in [4.78, 5) is 17.0. The number of carbonyl (C=O) groups is 1. The molecule has 0 saturated carbocycles. The lowest BCUT2D eigenvalue weighted by molar-refractivity contribution is -0.121. The second kappa shape index (κ2) is 6.59. The van der Waals surface area contributed by atoms with E-state index in [-0.39, 0.29) is 18.4 Å². The van der Waals surface area contributed by atoms with Crippen molar-refractivity contribution in [2.45, 2.75) is 38.6 Å². The molecule has 1 aliphatic carbocycles. The number of oxazole rings is 1. The van der Waals surface area contributed by atoms with E-state index in [1.165, 1.54) is 0 Å². The normalized spacial score (nSPS) is 16.4. The van der Waals surface area contributed by atoms with Crippen LogP contribution in [0.1, 0.15) is 41.7 Å². The quantitative estimate of drug-likeness (QED) is 0.782. The molecule has 0 fully saturated rings. The van der Waals surface area contributed by atoms with Crippen molar-refractivity contribution in [3.05, 3.63) is 65.4 Å². The Morgan fingerprint density at radius 1 is 1.28 bits per heavy atom. The zero-order valence-electron chi connectivity index (χ0n) is 14.1. The van der Waals surface area contributed by atoms with Gasteiger partial charge in [0.25, 0.3) is 0 Å². The van der Waals surface area contributed by atoms with Crippen molar-refractivity contribution in [3.8, 4) is 11.5 Å². The first-order valence-electron chi connectivity index (χ1n) is 8.58. The zero-order valence-corrected chi connectivity index (χ0v) is 14.1. The molecule has 2 aromatic heterocycles. The summed E-state index contributed by atoms with van der Waals surface area (Å²) in [6.07, 6.45) is 4.81. The van der Waals surface area contributed by atoms with Gasteiger partial charge < -0.3 is 14.2 Å². The maximum atomic E-state index is 12.5. The van der Waals surface area contributed by atoms with E-state index in [4.69, 9.17) is 8.83 Å². The van der Waals surface area contributed by atoms with Gasteiger partial charge in [0.1, 0.15) is 11.5 Å². The van der Waals surface area contributed by atoms with Crippen LogP contribution in [-0.2, 0) is 17.6 Å². The van der Waals surface area contributed by atoms with Gasteiger partial charge in [0.05, 0.1) is 24.4 Å². The Kier molecular flexibility index (Phi) is 4.14. The molecule has 5 nitrogen and oxygen atoms in total. The van der Waals surface area contributed by atoms with Gasteiger partial charge in [-0.2, -0.15) is 0 Å². The molecule has 3 aromatic rings. The molecular formula is C20H20N2O3. The Bertz CT molecular complexity index is 879. The van der Waals surface area contributed by atoms with Crippen LogP contribution in [0.15, 0.2) is 51.5 Å². The first-order chi connectivity index (χ1) is 12.2. The lowest BCUT2D eigenvalue weighted by Crippen LogP contribution is -2.31. The summed E-state index contributed by atoms with van der Waals surface area (Å²) in [5.74, 6) is 2.17. The van der Waals surface area contributed by atoms with E-state index in [0.717, 1.165) is 36.1 Å². The molecule has 1 aromatic carbocycles. The first-order valence-corrected chi connectivity index (χ1v) is 8.58. The highest BCUT2D eigenvalue weighted by molar-refractivity contribution is 5.79. The van der Waals surface area contributed by atoms with Crippen molar-refractivity contribution in [3.63, 3.8) is 0 Å². The number of benzene rings is 1. The number of rotatable bonds is 4. The highest BCUT2D eigenvalue weighted by Crippen LogP contribution is 2.30. The molecule has 1 aliphatic rings. The highest BCUT2D eigenvalue weighted by Gasteiger charge is 2.24. The third-order valence-corrected chi connectivity index (χ3v) is 4.63. The molecule has 1 N–H and O–H groups in total. The number of carbonyl (C=O) groups excluding carboxylic acids is 1. The number of aromatic nitrogens is 1. The van der Waals surface area contributed by atoms with Gasteiger partial charge in [-0.1, -0.05) is 18.2 Å². The molecule has 25 heavy (non-hydrogen) atoms. The summed E-state index contributed by atoms with van der Waals surface area (Å²) in [5, 5.41) is 3.11. The van der Waals surface area contributed by atoms with Gasteiger partial charge in [-0.3, -0.25) is 4.79 Å². The highest BCUT2D eigenvalue weighted by atomic mass is 16.4. The Balaban J connectivity index is 1.46. The van der Waals surface area contributed by atoms with Gasteiger partial charge in [-0.05, 0) is 38.0 Å². The topological polar surface area (TPSA) is 68.3 Å². The third-order valence-electron chi connectivity index (χ3n) is 4.63. The second-order valence-corrected chi connectivity index (χ2v) is 6.38. The SMILES string of the molecule is Cc1oc(-c2ccccc2)nc1CC(=O)NC1CCCc2occc21. The molecule has 4 rings (SSSR count). The van der Waals surface area contributed by atoms with Crippen LogP contribution >= 0.6 is 0 Å². The largest absolute Gasteiger partial charge is 0.469 e. The molecule has 0 radical (unpaired) electrons. The molecule has 0 aliphatic heterocycles. The molecule has 5 heteroatoms. The van der Waals surface area contributed by atoms with Crippen LogP contribution in [0.2, 0.25) is 0 Å². The molecule has 1 unspecified atom stereocenters. The minimum absolute atomic E-state index is 0.0239. The molecule has 1 amide bonds. The van der Waals surface area contributed by atoms with Gasteiger partial charge >= 0.3 is 0 Å². The van der Waals surface area contributed by atoms with Crippen LogP contribution < -0.4 is 5.32 Å². The Morgan fingerprint density at radius 3 is 2.96 bits per heavy atom. The molecular weight excluding hydrogens is 316 g/mol. The fourth-order valence-corrected chi connectivity index (χ4v) is 3.33. The summed E-state index contributed by atoms with van der Waals surface area (Å²) in [7, 11) is 0. The maximum absolute atomic E-state index is 12.5. The Labute approximate surface area is 146 Å². The molecule has 0 bridgehead atoms. The first kappa shape index (κ1) is 15.7. The molecule has 0 saturated heterocycles. The van der Waals surface area contributed by atoms with E-state index in [0.29, 0.717) is 17.3 Å². The predicted molar refractivity (Wildman–Crippen MR) is 92.9 cm³/mol. The number of furan rings is 1. The predicted octanol–water partition coefficient (Wildman–Crippen LogP) is 3.98. The number of amides is 1. The van der Waals surface area contributed by atoms with Crippen LogP contribution in [0.5, 0.6) is 0 Å². The van der Waals surface area contributed by atoms with Crippen LogP contribution in [0.3, 0.4) is 0 Å². The molecule has 0 spiro atoms. The maximum Gasteiger partial charge on any atom is 0.226 e. The van der Waals surface area contributed by atoms with E-state index in [1.54, 1.807) is 6.26 Å². The summed E-state index contributed by atoms with van der Waals surface area (Å²) < 4.78 is 11.2. The lowest BCUT2D eigenvalue weighted by atomic mass is 9.93. The van der Waals surface area contributed by atoms with Gasteiger partial charge in [-0.25, -0.2) is 4.98 Å². The summed E-state index contributed by atoms with van der Waals surface area (Å²) in [5.41, 5.74) is 2.69. The van der Waals surface area contributed by atoms with Crippen LogP contribution in [0.4, 0.5) is 0 Å². The smallest absolute Gasteiger partial charge is 0.226 e. The van der Waals surface area contributed by atoms with Gasteiger partial charge in [0.2, 0.25) is 11.8 Å². The van der Waals surface area contributed by atoms with Crippen LogP contribution in [0, 0.1) is 6.92 Å². The minimum Gasteiger partial charge on any atom is -0.469 e. The monoisotopic (exact) mass is 336 g/mol. The fourth-order valence-electron chi connectivity index (χ4n) is 3.33. The van der Waals surface area contributed by atoms with E-state index < -0.39 is 0 Å². The molecule has 1 atom stereocenters. The fraction of sp³-hybridized carbons (Fsp3) is 0.300. The number of fused-ring (bicyclic) bond motifs is 1. The van der Waals surface area contributed by atoms with E-state index in [1.807, 2.05) is 43.3 Å². The van der Waals surface area contributed by atoms with Crippen molar-refractivity contribution in [2.75, 3.05) is 0 Å². The van der Waals surface area contributed by atoms with Crippen molar-refractivity contribution in [2.24, 2.45) is 0 Å². The summed E-state index contributed by atoms with van der Waals surface area (Å²) in [6, 6.07) is 11.7. The number of aryl methyl sites for hydroxylation is 2. The van der Waals surface area contributed by atoms with E-state index >= 15 is 0 Å². The minimum atomic E-state index is -0.0462. The van der Waals surface area contributed by atoms with E-state index in [2.05, 4.69) is 10.3 Å². The standard InChI is InChI=1S/C20H20N2O3/c1-13-17(22-20(25-13)14-6-3-2-4-7-14)12-19(23)21-16-8-5-9-18-15(16)10-11-24-18/h2-4,6-7,10-11,16H,5,8-9,12H2,1H3,(H,21,23). The number of hydrogen-bond acceptors (Lipinski definition) is 4. The second-order valence-electron chi connectivity index (χ2n) is 6.38. The lowest BCUT2D eigenvalue weighted by Gasteiger charge is -2.22. The molecule has 128 valence electrons. The number of nitrogens with one attached hydrogen (secondary N) is 1. The zero-order chi connectivity index (χ0) is 17.2. The van der Waals surface area contributed by atoms with Crippen molar-refractivity contribution in [1.29, 1.82) is 0 Å². The average Bonchev–Trinajstić information content (AvgIpc) is 3.23. The Morgan fingerprint density at radius 2 is 2.12 bits per heavy atom. The number of hydrogen-bond donors (Lipinski definition) is 1.